The maximum absolute atomic E-state index is 5.90. The van der Waals surface area contributed by atoms with E-state index in [0.717, 1.165) is 18.1 Å². The molecule has 0 aromatic carbocycles. The second kappa shape index (κ2) is 4.44. The monoisotopic (exact) mass is 182 g/mol. The minimum atomic E-state index is -0.0453. The maximum atomic E-state index is 5.90. The van der Waals surface area contributed by atoms with Crippen LogP contribution in [0.25, 0.3) is 0 Å². The molecule has 0 aliphatic rings. The first-order valence-corrected chi connectivity index (χ1v) is 4.65. The molecule has 1 atom stereocenters. The molecule has 1 unspecified atom stereocenters. The summed E-state index contributed by atoms with van der Waals surface area (Å²) in [5.74, 6) is 1.76. The normalized spacial score (nSPS) is 13.6. The van der Waals surface area contributed by atoms with Crippen LogP contribution in [0.15, 0.2) is 16.5 Å². The Balaban J connectivity index is 2.44. The zero-order valence-electron chi connectivity index (χ0n) is 8.50. The SMILES string of the molecule is Cc1ccc(C(N)CNC(C)C)o1. The molecule has 0 amide bonds. The van der Waals surface area contributed by atoms with Crippen molar-refractivity contribution >= 4 is 0 Å². The Kier molecular flexibility index (Phi) is 3.51. The quantitative estimate of drug-likeness (QED) is 0.743. The zero-order chi connectivity index (χ0) is 9.84. The van der Waals surface area contributed by atoms with Crippen LogP contribution in [0.1, 0.15) is 31.4 Å². The van der Waals surface area contributed by atoms with E-state index in [1.165, 1.54) is 0 Å². The molecular formula is C10H18N2O. The van der Waals surface area contributed by atoms with E-state index < -0.39 is 0 Å². The number of aryl methyl sites for hydroxylation is 1. The maximum Gasteiger partial charge on any atom is 0.122 e. The Bertz CT molecular complexity index is 255. The van der Waals surface area contributed by atoms with Gasteiger partial charge in [-0.05, 0) is 19.1 Å². The molecule has 0 bridgehead atoms. The molecule has 1 rings (SSSR count). The number of hydrogen-bond donors (Lipinski definition) is 2. The number of hydrogen-bond acceptors (Lipinski definition) is 3. The van der Waals surface area contributed by atoms with Crippen LogP contribution in [0.5, 0.6) is 0 Å². The Morgan fingerprint density at radius 2 is 2.15 bits per heavy atom. The molecule has 1 aromatic rings. The fourth-order valence-electron chi connectivity index (χ4n) is 1.12. The molecule has 0 aliphatic carbocycles. The van der Waals surface area contributed by atoms with E-state index in [1.54, 1.807) is 0 Å². The summed E-state index contributed by atoms with van der Waals surface area (Å²) in [7, 11) is 0. The summed E-state index contributed by atoms with van der Waals surface area (Å²) in [6, 6.07) is 4.28. The Morgan fingerprint density at radius 1 is 1.46 bits per heavy atom. The predicted molar refractivity (Wildman–Crippen MR) is 53.5 cm³/mol. The fourth-order valence-corrected chi connectivity index (χ4v) is 1.12. The zero-order valence-corrected chi connectivity index (χ0v) is 8.50. The van der Waals surface area contributed by atoms with Gasteiger partial charge in [0.25, 0.3) is 0 Å². The molecule has 3 heteroatoms. The van der Waals surface area contributed by atoms with Crippen molar-refractivity contribution in [3.05, 3.63) is 23.7 Å². The molecule has 3 nitrogen and oxygen atoms in total. The third-order valence-corrected chi connectivity index (χ3v) is 1.87. The van der Waals surface area contributed by atoms with Gasteiger partial charge in [0, 0.05) is 12.6 Å². The lowest BCUT2D eigenvalue weighted by molar-refractivity contribution is 0.424. The van der Waals surface area contributed by atoms with Crippen molar-refractivity contribution in [3.8, 4) is 0 Å². The highest BCUT2D eigenvalue weighted by atomic mass is 16.3. The fraction of sp³-hybridized carbons (Fsp3) is 0.600. The van der Waals surface area contributed by atoms with Gasteiger partial charge < -0.3 is 15.5 Å². The highest BCUT2D eigenvalue weighted by Gasteiger charge is 2.09. The van der Waals surface area contributed by atoms with Gasteiger partial charge in [-0.2, -0.15) is 0 Å². The van der Waals surface area contributed by atoms with Crippen molar-refractivity contribution in [1.82, 2.24) is 5.32 Å². The van der Waals surface area contributed by atoms with Crippen molar-refractivity contribution in [1.29, 1.82) is 0 Å². The summed E-state index contributed by atoms with van der Waals surface area (Å²) in [5.41, 5.74) is 5.90. The summed E-state index contributed by atoms with van der Waals surface area (Å²) in [4.78, 5) is 0. The smallest absolute Gasteiger partial charge is 0.122 e. The van der Waals surface area contributed by atoms with Crippen LogP contribution in [-0.4, -0.2) is 12.6 Å². The van der Waals surface area contributed by atoms with E-state index >= 15 is 0 Å². The van der Waals surface area contributed by atoms with Crippen LogP contribution in [-0.2, 0) is 0 Å². The van der Waals surface area contributed by atoms with E-state index in [2.05, 4.69) is 19.2 Å². The number of rotatable bonds is 4. The van der Waals surface area contributed by atoms with Gasteiger partial charge in [-0.15, -0.1) is 0 Å². The van der Waals surface area contributed by atoms with E-state index in [-0.39, 0.29) is 6.04 Å². The van der Waals surface area contributed by atoms with Gasteiger partial charge in [-0.25, -0.2) is 0 Å². The van der Waals surface area contributed by atoms with Gasteiger partial charge in [-0.3, -0.25) is 0 Å². The largest absolute Gasteiger partial charge is 0.465 e. The Hall–Kier alpha value is -0.800. The number of nitrogens with two attached hydrogens (primary N) is 1. The topological polar surface area (TPSA) is 51.2 Å². The summed E-state index contributed by atoms with van der Waals surface area (Å²) in [6.07, 6.45) is 0. The van der Waals surface area contributed by atoms with Gasteiger partial charge in [0.1, 0.15) is 11.5 Å². The van der Waals surface area contributed by atoms with Gasteiger partial charge in [0.15, 0.2) is 0 Å². The summed E-state index contributed by atoms with van der Waals surface area (Å²) < 4.78 is 5.41. The predicted octanol–water partition coefficient (Wildman–Crippen LogP) is 1.59. The van der Waals surface area contributed by atoms with E-state index in [1.807, 2.05) is 19.1 Å². The third-order valence-electron chi connectivity index (χ3n) is 1.87. The van der Waals surface area contributed by atoms with Crippen LogP contribution in [0.4, 0.5) is 0 Å². The van der Waals surface area contributed by atoms with Crippen molar-refractivity contribution in [2.24, 2.45) is 5.73 Å². The van der Waals surface area contributed by atoms with Crippen LogP contribution in [0.2, 0.25) is 0 Å². The average Bonchev–Trinajstić information content (AvgIpc) is 2.47. The van der Waals surface area contributed by atoms with Crippen molar-refractivity contribution in [2.45, 2.75) is 32.9 Å². The number of nitrogens with one attached hydrogen (secondary N) is 1. The lowest BCUT2D eigenvalue weighted by Crippen LogP contribution is -2.31. The second-order valence-corrected chi connectivity index (χ2v) is 3.62. The second-order valence-electron chi connectivity index (χ2n) is 3.62. The summed E-state index contributed by atoms with van der Waals surface area (Å²) in [6.45, 7) is 6.87. The standard InChI is InChI=1S/C10H18N2O/c1-7(2)12-6-9(11)10-5-4-8(3)13-10/h4-5,7,9,12H,6,11H2,1-3H3. The Labute approximate surface area is 79.3 Å². The molecule has 74 valence electrons. The van der Waals surface area contributed by atoms with Gasteiger partial charge in [0.05, 0.1) is 6.04 Å². The molecule has 0 fully saturated rings. The molecular weight excluding hydrogens is 164 g/mol. The molecule has 0 saturated carbocycles. The van der Waals surface area contributed by atoms with Crippen molar-refractivity contribution < 1.29 is 4.42 Å². The highest BCUT2D eigenvalue weighted by molar-refractivity contribution is 5.09. The lowest BCUT2D eigenvalue weighted by Gasteiger charge is -2.12. The van der Waals surface area contributed by atoms with E-state index in [9.17, 15) is 0 Å². The summed E-state index contributed by atoms with van der Waals surface area (Å²) in [5, 5.41) is 3.27. The highest BCUT2D eigenvalue weighted by Crippen LogP contribution is 2.13. The molecule has 1 aromatic heterocycles. The molecule has 0 spiro atoms. The van der Waals surface area contributed by atoms with E-state index in [4.69, 9.17) is 10.2 Å². The van der Waals surface area contributed by atoms with Crippen LogP contribution < -0.4 is 11.1 Å². The number of furan rings is 1. The molecule has 0 saturated heterocycles. The van der Waals surface area contributed by atoms with Gasteiger partial charge in [-0.1, -0.05) is 13.8 Å². The first-order valence-electron chi connectivity index (χ1n) is 4.65. The molecule has 3 N–H and O–H groups in total. The van der Waals surface area contributed by atoms with Crippen molar-refractivity contribution in [3.63, 3.8) is 0 Å². The minimum absolute atomic E-state index is 0.0453. The van der Waals surface area contributed by atoms with Gasteiger partial charge >= 0.3 is 0 Å². The summed E-state index contributed by atoms with van der Waals surface area (Å²) >= 11 is 0. The first kappa shape index (κ1) is 10.3. The van der Waals surface area contributed by atoms with Crippen LogP contribution in [0.3, 0.4) is 0 Å². The molecule has 13 heavy (non-hydrogen) atoms. The van der Waals surface area contributed by atoms with Crippen molar-refractivity contribution in [2.75, 3.05) is 6.54 Å². The average molecular weight is 182 g/mol. The minimum Gasteiger partial charge on any atom is -0.465 e. The Morgan fingerprint density at radius 3 is 2.62 bits per heavy atom. The molecule has 0 aliphatic heterocycles. The van der Waals surface area contributed by atoms with Crippen LogP contribution >= 0.6 is 0 Å². The van der Waals surface area contributed by atoms with E-state index in [0.29, 0.717) is 6.04 Å². The third kappa shape index (κ3) is 3.20. The first-order chi connectivity index (χ1) is 6.09. The molecule has 1 heterocycles. The van der Waals surface area contributed by atoms with Gasteiger partial charge in [0.2, 0.25) is 0 Å². The van der Waals surface area contributed by atoms with Crippen LogP contribution in [0, 0.1) is 6.92 Å². The molecule has 0 radical (unpaired) electrons. The lowest BCUT2D eigenvalue weighted by atomic mass is 10.2.